The molecule has 1 aromatic heterocycles. The molecular formula is C13H18F3NO7S. The summed E-state index contributed by atoms with van der Waals surface area (Å²) in [6.07, 6.45) is -11.8. The minimum atomic E-state index is -5.01. The highest BCUT2D eigenvalue weighted by atomic mass is 32.2. The van der Waals surface area contributed by atoms with Gasteiger partial charge in [0.1, 0.15) is 35.1 Å². The average Bonchev–Trinajstić information content (AvgIpc) is 2.90. The highest BCUT2D eigenvalue weighted by Gasteiger charge is 2.44. The molecule has 8 nitrogen and oxygen atoms in total. The zero-order valence-electron chi connectivity index (χ0n) is 13.2. The van der Waals surface area contributed by atoms with Crippen LogP contribution in [-0.4, -0.2) is 60.8 Å². The molecule has 144 valence electrons. The Balaban J connectivity index is 2.18. The van der Waals surface area contributed by atoms with Crippen molar-refractivity contribution < 1.29 is 46.1 Å². The molecule has 0 radical (unpaired) electrons. The van der Waals surface area contributed by atoms with Crippen LogP contribution in [-0.2, 0) is 20.9 Å². The molecule has 5 atom stereocenters. The zero-order valence-corrected chi connectivity index (χ0v) is 14.0. The van der Waals surface area contributed by atoms with Gasteiger partial charge in [0.05, 0.1) is 6.10 Å². The quantitative estimate of drug-likeness (QED) is 0.559. The van der Waals surface area contributed by atoms with Crippen molar-refractivity contribution >= 4 is 10.0 Å². The van der Waals surface area contributed by atoms with E-state index in [0.717, 1.165) is 6.07 Å². The van der Waals surface area contributed by atoms with Gasteiger partial charge in [-0.05, 0) is 13.8 Å². The molecule has 1 fully saturated rings. The maximum atomic E-state index is 12.9. The molecule has 4 N–H and O–H groups in total. The van der Waals surface area contributed by atoms with Crippen LogP contribution in [0.2, 0.25) is 0 Å². The van der Waals surface area contributed by atoms with Crippen LogP contribution in [0.1, 0.15) is 18.4 Å². The summed E-state index contributed by atoms with van der Waals surface area (Å²) in [4.78, 5) is -1.09. The first-order chi connectivity index (χ1) is 11.3. The first kappa shape index (κ1) is 20.1. The first-order valence-electron chi connectivity index (χ1n) is 7.21. The number of aliphatic hydroxyl groups is 3. The number of hydrogen-bond acceptors (Lipinski definition) is 7. The average molecular weight is 389 g/mol. The third-order valence-corrected chi connectivity index (χ3v) is 5.22. The zero-order chi connectivity index (χ0) is 19.2. The summed E-state index contributed by atoms with van der Waals surface area (Å²) in [6.45, 7) is 1.95. The molecule has 12 heteroatoms. The Kier molecular flexibility index (Phi) is 5.52. The summed E-state index contributed by atoms with van der Waals surface area (Å²) >= 11 is 0. The summed E-state index contributed by atoms with van der Waals surface area (Å²) in [5, 5.41) is 29.0. The predicted octanol–water partition coefficient (Wildman–Crippen LogP) is -0.245. The highest BCUT2D eigenvalue weighted by Crippen LogP contribution is 2.36. The molecule has 2 rings (SSSR count). The number of rotatable bonds is 4. The monoisotopic (exact) mass is 389 g/mol. The summed E-state index contributed by atoms with van der Waals surface area (Å²) in [5.74, 6) is -1.90. The van der Waals surface area contributed by atoms with Gasteiger partial charge in [0.25, 0.3) is 0 Å². The smallest absolute Gasteiger partial charge is 0.450 e. The van der Waals surface area contributed by atoms with E-state index in [9.17, 15) is 36.9 Å². The van der Waals surface area contributed by atoms with Crippen molar-refractivity contribution in [3.05, 3.63) is 17.6 Å². The normalized spacial score (nSPS) is 31.3. The van der Waals surface area contributed by atoms with Gasteiger partial charge in [-0.15, -0.1) is 0 Å². The van der Waals surface area contributed by atoms with Crippen LogP contribution in [0.3, 0.4) is 0 Å². The van der Waals surface area contributed by atoms with Gasteiger partial charge in [-0.1, -0.05) is 0 Å². The van der Waals surface area contributed by atoms with Crippen LogP contribution in [0.25, 0.3) is 0 Å². The second-order valence-corrected chi connectivity index (χ2v) is 7.49. The van der Waals surface area contributed by atoms with Crippen LogP contribution in [0.15, 0.2) is 15.4 Å². The van der Waals surface area contributed by atoms with E-state index in [-0.39, 0.29) is 5.76 Å². The molecule has 1 saturated heterocycles. The lowest BCUT2D eigenvalue weighted by atomic mass is 9.96. The standard InChI is InChI=1S/C13H18F3NO7S/c1-5-3-8(12(23-5)13(14,15)16)25(21,22)17-4-7-10(19)11(20)9(18)6(2)24-7/h3,6-7,9-11,17-20H,4H2,1-2H3. The molecule has 0 spiro atoms. The number of hydrogen-bond donors (Lipinski definition) is 4. The Hall–Kier alpha value is -1.18. The van der Waals surface area contributed by atoms with E-state index >= 15 is 0 Å². The van der Waals surface area contributed by atoms with Crippen molar-refractivity contribution in [1.29, 1.82) is 0 Å². The summed E-state index contributed by atoms with van der Waals surface area (Å²) < 4.78 is 74.5. The van der Waals surface area contributed by atoms with Gasteiger partial charge in [-0.25, -0.2) is 13.1 Å². The number of furan rings is 1. The topological polar surface area (TPSA) is 129 Å². The van der Waals surface area contributed by atoms with Crippen molar-refractivity contribution in [2.75, 3.05) is 6.54 Å². The van der Waals surface area contributed by atoms with Crippen LogP contribution in [0.5, 0.6) is 0 Å². The lowest BCUT2D eigenvalue weighted by Crippen LogP contribution is -2.59. The molecule has 0 amide bonds. The van der Waals surface area contributed by atoms with Gasteiger partial charge in [-0.3, -0.25) is 0 Å². The number of halogens is 3. The minimum Gasteiger partial charge on any atom is -0.455 e. The maximum absolute atomic E-state index is 12.9. The fourth-order valence-corrected chi connectivity index (χ4v) is 3.72. The molecule has 0 bridgehead atoms. The van der Waals surface area contributed by atoms with E-state index in [1.807, 2.05) is 4.72 Å². The van der Waals surface area contributed by atoms with Gasteiger partial charge >= 0.3 is 6.18 Å². The Morgan fingerprint density at radius 3 is 2.36 bits per heavy atom. The molecule has 0 aromatic carbocycles. The molecule has 5 unspecified atom stereocenters. The maximum Gasteiger partial charge on any atom is 0.450 e. The second-order valence-electron chi connectivity index (χ2n) is 5.75. The molecule has 0 saturated carbocycles. The van der Waals surface area contributed by atoms with Crippen LogP contribution >= 0.6 is 0 Å². The highest BCUT2D eigenvalue weighted by molar-refractivity contribution is 7.89. The van der Waals surface area contributed by atoms with Gasteiger partial charge < -0.3 is 24.5 Å². The molecular weight excluding hydrogens is 371 g/mol. The SMILES string of the molecule is Cc1cc(S(=O)(=O)NCC2OC(C)C(O)C(O)C2O)c(C(F)(F)F)o1. The summed E-state index contributed by atoms with van der Waals surface area (Å²) in [6, 6.07) is 0.727. The molecule has 0 aliphatic carbocycles. The summed E-state index contributed by atoms with van der Waals surface area (Å²) in [5.41, 5.74) is 0. The van der Waals surface area contributed by atoms with Gasteiger partial charge in [0, 0.05) is 12.6 Å². The van der Waals surface area contributed by atoms with Gasteiger partial charge in [0.15, 0.2) is 0 Å². The molecule has 1 aromatic rings. The van der Waals surface area contributed by atoms with Crippen LogP contribution < -0.4 is 4.72 Å². The van der Waals surface area contributed by atoms with E-state index in [0.29, 0.717) is 0 Å². The number of aryl methyl sites for hydroxylation is 1. The summed E-state index contributed by atoms with van der Waals surface area (Å²) in [7, 11) is -4.62. The fourth-order valence-electron chi connectivity index (χ4n) is 2.46. The number of sulfonamides is 1. The number of nitrogens with one attached hydrogen (secondary N) is 1. The van der Waals surface area contributed by atoms with E-state index in [1.165, 1.54) is 13.8 Å². The van der Waals surface area contributed by atoms with Crippen molar-refractivity contribution in [1.82, 2.24) is 4.72 Å². The van der Waals surface area contributed by atoms with E-state index in [2.05, 4.69) is 4.42 Å². The third kappa shape index (κ3) is 4.15. The minimum absolute atomic E-state index is 0.242. The largest absolute Gasteiger partial charge is 0.455 e. The van der Waals surface area contributed by atoms with Crippen molar-refractivity contribution in [3.8, 4) is 0 Å². The predicted molar refractivity (Wildman–Crippen MR) is 76.0 cm³/mol. The Labute approximate surface area is 141 Å². The lowest BCUT2D eigenvalue weighted by molar-refractivity contribution is -0.214. The fraction of sp³-hybridized carbons (Fsp3) is 0.692. The molecule has 25 heavy (non-hydrogen) atoms. The van der Waals surface area contributed by atoms with Gasteiger partial charge in [-0.2, -0.15) is 13.2 Å². The number of aliphatic hydroxyl groups excluding tert-OH is 3. The Morgan fingerprint density at radius 2 is 1.80 bits per heavy atom. The van der Waals surface area contributed by atoms with E-state index < -0.39 is 63.9 Å². The Morgan fingerprint density at radius 1 is 1.20 bits per heavy atom. The van der Waals surface area contributed by atoms with E-state index in [4.69, 9.17) is 4.74 Å². The molecule has 1 aliphatic rings. The molecule has 1 aliphatic heterocycles. The van der Waals surface area contributed by atoms with E-state index in [1.54, 1.807) is 0 Å². The van der Waals surface area contributed by atoms with Crippen molar-refractivity contribution in [2.45, 2.75) is 55.4 Å². The van der Waals surface area contributed by atoms with Crippen LogP contribution in [0, 0.1) is 6.92 Å². The van der Waals surface area contributed by atoms with Crippen molar-refractivity contribution in [3.63, 3.8) is 0 Å². The Bertz CT molecular complexity index is 718. The third-order valence-electron chi connectivity index (χ3n) is 3.79. The number of ether oxygens (including phenoxy) is 1. The van der Waals surface area contributed by atoms with Crippen molar-refractivity contribution in [2.24, 2.45) is 0 Å². The second kappa shape index (κ2) is 6.85. The number of alkyl halides is 3. The van der Waals surface area contributed by atoms with Gasteiger partial charge in [0.2, 0.25) is 15.8 Å². The van der Waals surface area contributed by atoms with Crippen LogP contribution in [0.4, 0.5) is 13.2 Å². The lowest BCUT2D eigenvalue weighted by Gasteiger charge is -2.39. The molecule has 2 heterocycles. The first-order valence-corrected chi connectivity index (χ1v) is 8.70.